The van der Waals surface area contributed by atoms with Gasteiger partial charge >= 0.3 is 0 Å². The van der Waals surface area contributed by atoms with Gasteiger partial charge in [-0.15, -0.1) is 0 Å². The van der Waals surface area contributed by atoms with Crippen molar-refractivity contribution in [1.82, 2.24) is 0 Å². The molecule has 18 heavy (non-hydrogen) atoms. The van der Waals surface area contributed by atoms with Crippen LogP contribution in [-0.4, -0.2) is 0 Å². The largest absolute Gasteiger partial charge is 0.469 e. The molecule has 0 fully saturated rings. The van der Waals surface area contributed by atoms with Crippen LogP contribution in [-0.2, 0) is 18.3 Å². The molecule has 1 atom stereocenters. The van der Waals surface area contributed by atoms with Crippen LogP contribution in [0.15, 0.2) is 47.1 Å². The number of hydrogen-bond acceptors (Lipinski definition) is 2. The van der Waals surface area contributed by atoms with Crippen LogP contribution in [0.25, 0.3) is 0 Å². The number of aryl methyl sites for hydroxylation is 1. The van der Waals surface area contributed by atoms with Gasteiger partial charge in [0.15, 0.2) is 0 Å². The number of nitrogens with zero attached hydrogens (tertiary/aromatic N) is 1. The van der Waals surface area contributed by atoms with Gasteiger partial charge in [0.05, 0.1) is 17.7 Å². The third-order valence-corrected chi connectivity index (χ3v) is 3.85. The first-order valence-electron chi connectivity index (χ1n) is 6.36. The van der Waals surface area contributed by atoms with Crippen molar-refractivity contribution in [1.29, 1.82) is 5.26 Å². The Morgan fingerprint density at radius 3 is 2.89 bits per heavy atom. The summed E-state index contributed by atoms with van der Waals surface area (Å²) in [4.78, 5) is 0. The molecule has 1 unspecified atom stereocenters. The smallest absolute Gasteiger partial charge is 0.105 e. The Morgan fingerprint density at radius 2 is 2.11 bits per heavy atom. The van der Waals surface area contributed by atoms with Crippen LogP contribution in [0.2, 0.25) is 0 Å². The predicted molar refractivity (Wildman–Crippen MR) is 69.1 cm³/mol. The maximum Gasteiger partial charge on any atom is 0.105 e. The first-order valence-corrected chi connectivity index (χ1v) is 6.36. The zero-order valence-corrected chi connectivity index (χ0v) is 10.2. The molecule has 1 aliphatic rings. The van der Waals surface area contributed by atoms with Gasteiger partial charge in [-0.05, 0) is 42.5 Å². The Kier molecular flexibility index (Phi) is 2.68. The molecule has 1 heterocycles. The van der Waals surface area contributed by atoms with E-state index in [1.165, 1.54) is 11.1 Å². The zero-order valence-electron chi connectivity index (χ0n) is 10.2. The van der Waals surface area contributed by atoms with E-state index in [1.807, 2.05) is 18.2 Å². The Hall–Kier alpha value is -2.01. The average Bonchev–Trinajstić information content (AvgIpc) is 2.92. The monoisotopic (exact) mass is 237 g/mol. The van der Waals surface area contributed by atoms with Crippen molar-refractivity contribution in [2.24, 2.45) is 0 Å². The third kappa shape index (κ3) is 1.73. The molecular formula is C16H15NO. The molecule has 90 valence electrons. The average molecular weight is 237 g/mol. The highest BCUT2D eigenvalue weighted by atomic mass is 16.3. The van der Waals surface area contributed by atoms with Crippen molar-refractivity contribution in [2.75, 3.05) is 0 Å². The van der Waals surface area contributed by atoms with E-state index in [9.17, 15) is 5.26 Å². The molecule has 2 heteroatoms. The van der Waals surface area contributed by atoms with Crippen LogP contribution < -0.4 is 0 Å². The summed E-state index contributed by atoms with van der Waals surface area (Å²) in [6, 6.07) is 14.7. The van der Waals surface area contributed by atoms with Gasteiger partial charge < -0.3 is 4.42 Å². The summed E-state index contributed by atoms with van der Waals surface area (Å²) in [5, 5.41) is 9.70. The fourth-order valence-corrected chi connectivity index (χ4v) is 2.97. The van der Waals surface area contributed by atoms with Crippen molar-refractivity contribution in [2.45, 2.75) is 31.1 Å². The van der Waals surface area contributed by atoms with Crippen LogP contribution in [0.4, 0.5) is 0 Å². The lowest BCUT2D eigenvalue weighted by Crippen LogP contribution is -2.31. The summed E-state index contributed by atoms with van der Waals surface area (Å²) in [6.45, 7) is 0. The third-order valence-electron chi connectivity index (χ3n) is 3.85. The molecule has 0 saturated carbocycles. The Balaban J connectivity index is 2.05. The molecule has 1 aliphatic carbocycles. The van der Waals surface area contributed by atoms with Crippen molar-refractivity contribution in [3.63, 3.8) is 0 Å². The van der Waals surface area contributed by atoms with E-state index in [1.54, 1.807) is 6.26 Å². The summed E-state index contributed by atoms with van der Waals surface area (Å²) in [5.74, 6) is 0.897. The minimum Gasteiger partial charge on any atom is -0.469 e. The molecule has 0 radical (unpaired) electrons. The van der Waals surface area contributed by atoms with Crippen LogP contribution in [0.3, 0.4) is 0 Å². The van der Waals surface area contributed by atoms with E-state index in [-0.39, 0.29) is 0 Å². The normalized spacial score (nSPS) is 22.2. The first-order chi connectivity index (χ1) is 8.84. The molecule has 2 aromatic rings. The highest BCUT2D eigenvalue weighted by Crippen LogP contribution is 2.39. The second-order valence-electron chi connectivity index (χ2n) is 4.96. The Labute approximate surface area is 107 Å². The van der Waals surface area contributed by atoms with Crippen molar-refractivity contribution in [3.8, 4) is 6.07 Å². The number of furan rings is 1. The number of nitriles is 1. The quantitative estimate of drug-likeness (QED) is 0.799. The summed E-state index contributed by atoms with van der Waals surface area (Å²) in [5.41, 5.74) is 2.10. The van der Waals surface area contributed by atoms with Gasteiger partial charge in [-0.1, -0.05) is 24.3 Å². The zero-order chi connectivity index (χ0) is 12.4. The van der Waals surface area contributed by atoms with Gasteiger partial charge in [0.1, 0.15) is 5.76 Å². The van der Waals surface area contributed by atoms with Crippen LogP contribution in [0.5, 0.6) is 0 Å². The van der Waals surface area contributed by atoms with E-state index in [0.717, 1.165) is 25.0 Å². The minimum absolute atomic E-state index is 0.410. The second kappa shape index (κ2) is 4.34. The van der Waals surface area contributed by atoms with Gasteiger partial charge in [0.25, 0.3) is 0 Å². The number of benzene rings is 1. The molecule has 3 rings (SSSR count). The molecular weight excluding hydrogens is 222 g/mol. The van der Waals surface area contributed by atoms with E-state index in [2.05, 4.69) is 24.3 Å². The van der Waals surface area contributed by atoms with Crippen LogP contribution >= 0.6 is 0 Å². The molecule has 0 bridgehead atoms. The fraction of sp³-hybridized carbons (Fsp3) is 0.312. The van der Waals surface area contributed by atoms with Crippen molar-refractivity contribution in [3.05, 3.63) is 59.5 Å². The topological polar surface area (TPSA) is 36.9 Å². The maximum atomic E-state index is 9.70. The predicted octanol–water partition coefficient (Wildman–Crippen LogP) is 3.62. The minimum atomic E-state index is -0.410. The lowest BCUT2D eigenvalue weighted by Gasteiger charge is -2.32. The molecule has 1 aromatic carbocycles. The van der Waals surface area contributed by atoms with Crippen LogP contribution in [0, 0.1) is 11.3 Å². The molecule has 0 amide bonds. The maximum absolute atomic E-state index is 9.70. The summed E-state index contributed by atoms with van der Waals surface area (Å²) < 4.78 is 5.43. The molecule has 0 aliphatic heterocycles. The SMILES string of the molecule is N#CC1(Cc2ccco2)CCCc2ccccc21. The van der Waals surface area contributed by atoms with Gasteiger partial charge in [-0.3, -0.25) is 0 Å². The number of fused-ring (bicyclic) bond motifs is 1. The van der Waals surface area contributed by atoms with Crippen molar-refractivity contribution < 1.29 is 4.42 Å². The fourth-order valence-electron chi connectivity index (χ4n) is 2.97. The van der Waals surface area contributed by atoms with Gasteiger partial charge in [-0.2, -0.15) is 5.26 Å². The molecule has 0 spiro atoms. The summed E-state index contributed by atoms with van der Waals surface area (Å²) >= 11 is 0. The standard InChI is InChI=1S/C16H15NO/c17-12-16(11-14-7-4-10-18-14)9-3-6-13-5-1-2-8-15(13)16/h1-2,4-5,7-8,10H,3,6,9,11H2. The Morgan fingerprint density at radius 1 is 1.22 bits per heavy atom. The summed E-state index contributed by atoms with van der Waals surface area (Å²) in [6.07, 6.45) is 5.42. The highest BCUT2D eigenvalue weighted by molar-refractivity contribution is 5.42. The van der Waals surface area contributed by atoms with Gasteiger partial charge in [-0.25, -0.2) is 0 Å². The van der Waals surface area contributed by atoms with Crippen molar-refractivity contribution >= 4 is 0 Å². The Bertz CT molecular complexity index is 579. The van der Waals surface area contributed by atoms with E-state index in [4.69, 9.17) is 4.42 Å². The number of rotatable bonds is 2. The van der Waals surface area contributed by atoms with Crippen LogP contribution in [0.1, 0.15) is 29.7 Å². The molecule has 0 saturated heterocycles. The van der Waals surface area contributed by atoms with E-state index >= 15 is 0 Å². The lowest BCUT2D eigenvalue weighted by molar-refractivity contribution is 0.400. The molecule has 1 aromatic heterocycles. The van der Waals surface area contributed by atoms with E-state index < -0.39 is 5.41 Å². The summed E-state index contributed by atoms with van der Waals surface area (Å²) in [7, 11) is 0. The first kappa shape index (κ1) is 11.1. The van der Waals surface area contributed by atoms with Gasteiger partial charge in [0, 0.05) is 6.42 Å². The lowest BCUT2D eigenvalue weighted by atomic mass is 9.68. The highest BCUT2D eigenvalue weighted by Gasteiger charge is 2.37. The molecule has 2 nitrogen and oxygen atoms in total. The number of hydrogen-bond donors (Lipinski definition) is 0. The molecule has 0 N–H and O–H groups in total. The second-order valence-corrected chi connectivity index (χ2v) is 4.96. The van der Waals surface area contributed by atoms with E-state index in [0.29, 0.717) is 6.42 Å². The van der Waals surface area contributed by atoms with Gasteiger partial charge in [0.2, 0.25) is 0 Å².